The molecule has 0 unspecified atom stereocenters. The molecule has 1 aromatic heterocycles. The fourth-order valence-electron chi connectivity index (χ4n) is 2.91. The van der Waals surface area contributed by atoms with Crippen LogP contribution in [0, 0.1) is 0 Å². The molecule has 5 heteroatoms. The Morgan fingerprint density at radius 2 is 1.74 bits per heavy atom. The van der Waals surface area contributed by atoms with Gasteiger partial charge in [-0.05, 0) is 55.7 Å². The molecule has 0 spiro atoms. The van der Waals surface area contributed by atoms with E-state index in [0.29, 0.717) is 12.2 Å². The first kappa shape index (κ1) is 19.8. The van der Waals surface area contributed by atoms with E-state index in [2.05, 4.69) is 20.9 Å². The van der Waals surface area contributed by atoms with Crippen LogP contribution in [-0.4, -0.2) is 17.6 Å². The largest absolute Gasteiger partial charge is 0.462 e. The predicted octanol–water partition coefficient (Wildman–Crippen LogP) is 6.61. The second-order valence-corrected chi connectivity index (χ2v) is 7.74. The lowest BCUT2D eigenvalue weighted by Gasteiger charge is -2.06. The maximum Gasteiger partial charge on any atom is 0.338 e. The van der Waals surface area contributed by atoms with Crippen molar-refractivity contribution in [2.24, 2.45) is 0 Å². The van der Waals surface area contributed by atoms with E-state index in [9.17, 15) is 4.79 Å². The lowest BCUT2D eigenvalue weighted by molar-refractivity contribution is 0.0497. The molecule has 3 nitrogen and oxygen atoms in total. The van der Waals surface area contributed by atoms with Crippen molar-refractivity contribution in [3.63, 3.8) is 0 Å². The van der Waals surface area contributed by atoms with Crippen LogP contribution in [0.5, 0.6) is 0 Å². The molecule has 1 heterocycles. The van der Waals surface area contributed by atoms with Gasteiger partial charge in [-0.2, -0.15) is 0 Å². The summed E-state index contributed by atoms with van der Waals surface area (Å²) in [5.41, 5.74) is 2.55. The van der Waals surface area contributed by atoms with Crippen LogP contribution in [0.1, 0.15) is 41.7 Å². The Kier molecular flexibility index (Phi) is 7.25. The molecule has 27 heavy (non-hydrogen) atoms. The maximum absolute atomic E-state index is 11.9. The second kappa shape index (κ2) is 9.86. The van der Waals surface area contributed by atoms with Gasteiger partial charge in [0, 0.05) is 15.6 Å². The summed E-state index contributed by atoms with van der Waals surface area (Å²) in [5.74, 6) is -0.266. The number of hydrogen-bond acceptors (Lipinski definition) is 3. The van der Waals surface area contributed by atoms with Crippen molar-refractivity contribution < 1.29 is 9.53 Å². The van der Waals surface area contributed by atoms with Crippen molar-refractivity contribution in [3.05, 3.63) is 75.4 Å². The summed E-state index contributed by atoms with van der Waals surface area (Å²) in [5, 5.41) is 1.76. The van der Waals surface area contributed by atoms with Crippen molar-refractivity contribution in [3.8, 4) is 0 Å². The topological polar surface area (TPSA) is 39.2 Å². The van der Waals surface area contributed by atoms with Crippen LogP contribution in [0.2, 0.25) is 5.02 Å². The Hall–Kier alpha value is -1.91. The SMILES string of the molecule is O=C(OCCCCCCc1cc(Cl)c2ccccc2n1)c1ccc(Br)cc1. The van der Waals surface area contributed by atoms with Gasteiger partial charge < -0.3 is 4.74 Å². The Morgan fingerprint density at radius 3 is 2.56 bits per heavy atom. The number of pyridine rings is 1. The van der Waals surface area contributed by atoms with Crippen LogP contribution < -0.4 is 0 Å². The Bertz CT molecular complexity index is 912. The number of aromatic nitrogens is 1. The maximum atomic E-state index is 11.9. The van der Waals surface area contributed by atoms with Gasteiger partial charge in [-0.1, -0.05) is 58.6 Å². The molecule has 0 bridgehead atoms. The average molecular weight is 447 g/mol. The number of fused-ring (bicyclic) bond motifs is 1. The molecule has 0 aliphatic heterocycles. The van der Waals surface area contributed by atoms with Crippen molar-refractivity contribution in [2.75, 3.05) is 6.61 Å². The number of hydrogen-bond donors (Lipinski definition) is 0. The summed E-state index contributed by atoms with van der Waals surface area (Å²) in [6, 6.07) is 17.1. The Balaban J connectivity index is 1.35. The fraction of sp³-hybridized carbons (Fsp3) is 0.273. The molecule has 0 N–H and O–H groups in total. The van der Waals surface area contributed by atoms with E-state index in [-0.39, 0.29) is 5.97 Å². The number of unbranched alkanes of at least 4 members (excludes halogenated alkanes) is 3. The average Bonchev–Trinajstić information content (AvgIpc) is 2.67. The molecule has 2 aromatic carbocycles. The van der Waals surface area contributed by atoms with Crippen LogP contribution in [0.25, 0.3) is 10.9 Å². The number of nitrogens with zero attached hydrogens (tertiary/aromatic N) is 1. The summed E-state index contributed by atoms with van der Waals surface area (Å²) in [4.78, 5) is 16.6. The molecule has 0 saturated heterocycles. The lowest BCUT2D eigenvalue weighted by Crippen LogP contribution is -2.06. The number of halogens is 2. The zero-order valence-corrected chi connectivity index (χ0v) is 17.3. The van der Waals surface area contributed by atoms with Crippen LogP contribution in [0.4, 0.5) is 0 Å². The highest BCUT2D eigenvalue weighted by Crippen LogP contribution is 2.23. The highest BCUT2D eigenvalue weighted by molar-refractivity contribution is 9.10. The summed E-state index contributed by atoms with van der Waals surface area (Å²) in [7, 11) is 0. The molecule has 0 fully saturated rings. The molecular weight excluding hydrogens is 426 g/mol. The summed E-state index contributed by atoms with van der Waals surface area (Å²) in [6.45, 7) is 0.453. The summed E-state index contributed by atoms with van der Waals surface area (Å²) < 4.78 is 6.26. The van der Waals surface area contributed by atoms with Crippen LogP contribution in [0.15, 0.2) is 59.1 Å². The van der Waals surface area contributed by atoms with Crippen molar-refractivity contribution in [1.82, 2.24) is 4.98 Å². The highest BCUT2D eigenvalue weighted by Gasteiger charge is 2.06. The van der Waals surface area contributed by atoms with Gasteiger partial charge in [-0.3, -0.25) is 4.98 Å². The minimum absolute atomic E-state index is 0.266. The van der Waals surface area contributed by atoms with Crippen molar-refractivity contribution in [2.45, 2.75) is 32.1 Å². The molecular formula is C22H21BrClNO2. The van der Waals surface area contributed by atoms with Gasteiger partial charge in [0.25, 0.3) is 0 Å². The standard InChI is InChI=1S/C22H21BrClNO2/c23-17-12-10-16(11-13-17)22(26)27-14-6-2-1-3-7-18-15-20(24)19-8-4-5-9-21(19)25-18/h4-5,8-13,15H,1-3,6-7,14H2. The summed E-state index contributed by atoms with van der Waals surface area (Å²) in [6.07, 6.45) is 4.91. The number of carbonyl (C=O) groups excluding carboxylic acids is 1. The van der Waals surface area contributed by atoms with Gasteiger partial charge >= 0.3 is 5.97 Å². The normalized spacial score (nSPS) is 10.9. The Labute approximate surface area is 172 Å². The minimum Gasteiger partial charge on any atom is -0.462 e. The zero-order chi connectivity index (χ0) is 19.1. The molecule has 0 atom stereocenters. The number of esters is 1. The van der Waals surface area contributed by atoms with E-state index in [4.69, 9.17) is 16.3 Å². The highest BCUT2D eigenvalue weighted by atomic mass is 79.9. The minimum atomic E-state index is -0.266. The van der Waals surface area contributed by atoms with Crippen molar-refractivity contribution in [1.29, 1.82) is 0 Å². The molecule has 0 amide bonds. The molecule has 0 aliphatic rings. The first-order valence-electron chi connectivity index (χ1n) is 9.10. The number of rotatable bonds is 8. The quantitative estimate of drug-likeness (QED) is 0.289. The third-order valence-electron chi connectivity index (χ3n) is 4.36. The first-order chi connectivity index (χ1) is 13.1. The molecule has 0 saturated carbocycles. The van der Waals surface area contributed by atoms with Crippen molar-refractivity contribution >= 4 is 44.4 Å². The molecule has 3 rings (SSSR count). The van der Waals surface area contributed by atoms with Gasteiger partial charge in [-0.15, -0.1) is 0 Å². The van der Waals surface area contributed by atoms with E-state index < -0.39 is 0 Å². The smallest absolute Gasteiger partial charge is 0.338 e. The third-order valence-corrected chi connectivity index (χ3v) is 5.20. The third kappa shape index (κ3) is 5.78. The van der Waals surface area contributed by atoms with E-state index in [1.54, 1.807) is 12.1 Å². The monoisotopic (exact) mass is 445 g/mol. The molecule has 0 aliphatic carbocycles. The molecule has 140 valence electrons. The number of ether oxygens (including phenoxy) is 1. The van der Waals surface area contributed by atoms with E-state index in [0.717, 1.165) is 58.2 Å². The predicted molar refractivity (Wildman–Crippen MR) is 113 cm³/mol. The fourth-order valence-corrected chi connectivity index (χ4v) is 3.46. The lowest BCUT2D eigenvalue weighted by atomic mass is 10.1. The van der Waals surface area contributed by atoms with Gasteiger partial charge in [0.15, 0.2) is 0 Å². The number of benzene rings is 2. The Morgan fingerprint density at radius 1 is 1.00 bits per heavy atom. The van der Waals surface area contributed by atoms with Gasteiger partial charge in [0.05, 0.1) is 22.7 Å². The van der Waals surface area contributed by atoms with E-state index in [1.165, 1.54) is 0 Å². The number of carbonyl (C=O) groups is 1. The van der Waals surface area contributed by atoms with Crippen LogP contribution >= 0.6 is 27.5 Å². The summed E-state index contributed by atoms with van der Waals surface area (Å²) >= 11 is 9.69. The van der Waals surface area contributed by atoms with Gasteiger partial charge in [0.2, 0.25) is 0 Å². The number of aryl methyl sites for hydroxylation is 1. The van der Waals surface area contributed by atoms with Gasteiger partial charge in [-0.25, -0.2) is 4.79 Å². The molecule has 3 aromatic rings. The zero-order valence-electron chi connectivity index (χ0n) is 15.0. The second-order valence-electron chi connectivity index (χ2n) is 6.42. The van der Waals surface area contributed by atoms with Crippen LogP contribution in [-0.2, 0) is 11.2 Å². The van der Waals surface area contributed by atoms with E-state index in [1.807, 2.05) is 42.5 Å². The first-order valence-corrected chi connectivity index (χ1v) is 10.3. The van der Waals surface area contributed by atoms with Gasteiger partial charge in [0.1, 0.15) is 0 Å². The van der Waals surface area contributed by atoms with Crippen LogP contribution in [0.3, 0.4) is 0 Å². The number of para-hydroxylation sites is 1. The van der Waals surface area contributed by atoms with E-state index >= 15 is 0 Å². The molecule has 0 radical (unpaired) electrons.